The Labute approximate surface area is 157 Å². The van der Waals surface area contributed by atoms with E-state index in [4.69, 9.17) is 9.47 Å². The van der Waals surface area contributed by atoms with Crippen LogP contribution >= 0.6 is 0 Å². The van der Waals surface area contributed by atoms with Gasteiger partial charge in [0, 0.05) is 30.5 Å². The average Bonchev–Trinajstić information content (AvgIpc) is 3.01. The molecule has 1 aliphatic heterocycles. The molecule has 0 bridgehead atoms. The van der Waals surface area contributed by atoms with Crippen LogP contribution in [0.1, 0.15) is 5.69 Å². The molecule has 1 aliphatic rings. The highest BCUT2D eigenvalue weighted by Gasteiger charge is 2.31. The molecule has 8 heteroatoms. The molecule has 3 rings (SSSR count). The van der Waals surface area contributed by atoms with Crippen molar-refractivity contribution < 1.29 is 19.1 Å². The maximum absolute atomic E-state index is 12.7. The summed E-state index contributed by atoms with van der Waals surface area (Å²) in [5.41, 5.74) is 1.51. The van der Waals surface area contributed by atoms with Crippen LogP contribution in [0.15, 0.2) is 36.4 Å². The lowest BCUT2D eigenvalue weighted by molar-refractivity contribution is -0.116. The van der Waals surface area contributed by atoms with E-state index in [2.05, 4.69) is 10.3 Å². The van der Waals surface area contributed by atoms with Crippen LogP contribution in [0, 0.1) is 6.92 Å². The Hall–Kier alpha value is -3.29. The summed E-state index contributed by atoms with van der Waals surface area (Å²) >= 11 is 0. The number of carbonyl (C=O) groups excluding carboxylic acids is 2. The van der Waals surface area contributed by atoms with Gasteiger partial charge in [-0.05, 0) is 31.2 Å². The molecule has 1 fully saturated rings. The van der Waals surface area contributed by atoms with Crippen LogP contribution in [0.2, 0.25) is 0 Å². The monoisotopic (exact) mass is 370 g/mol. The molecule has 3 amide bonds. The fraction of sp³-hybridized carbons (Fsp3) is 0.316. The summed E-state index contributed by atoms with van der Waals surface area (Å²) in [6.07, 6.45) is 0. The van der Waals surface area contributed by atoms with Crippen LogP contribution in [0.25, 0.3) is 0 Å². The van der Waals surface area contributed by atoms with Crippen molar-refractivity contribution in [3.8, 4) is 11.5 Å². The Balaban J connectivity index is 1.65. The molecule has 0 spiro atoms. The number of nitrogens with zero attached hydrogens (tertiary/aromatic N) is 3. The first-order valence-electron chi connectivity index (χ1n) is 8.54. The van der Waals surface area contributed by atoms with Crippen LogP contribution in [0.5, 0.6) is 11.5 Å². The van der Waals surface area contributed by atoms with Gasteiger partial charge in [0.05, 0.1) is 14.2 Å². The fourth-order valence-electron chi connectivity index (χ4n) is 2.93. The third-order valence-electron chi connectivity index (χ3n) is 4.26. The first kappa shape index (κ1) is 18.5. The molecule has 1 saturated heterocycles. The molecule has 1 aromatic carbocycles. The lowest BCUT2D eigenvalue weighted by Crippen LogP contribution is -2.37. The van der Waals surface area contributed by atoms with Crippen LogP contribution in [0.4, 0.5) is 16.3 Å². The van der Waals surface area contributed by atoms with Crippen LogP contribution in [-0.2, 0) is 4.79 Å². The molecule has 0 aliphatic carbocycles. The summed E-state index contributed by atoms with van der Waals surface area (Å²) in [4.78, 5) is 32.3. The summed E-state index contributed by atoms with van der Waals surface area (Å²) in [6, 6.07) is 10.4. The Morgan fingerprint density at radius 1 is 1.15 bits per heavy atom. The molecular formula is C19H22N4O4. The summed E-state index contributed by atoms with van der Waals surface area (Å²) in [6.45, 7) is 2.77. The molecule has 8 nitrogen and oxygen atoms in total. The van der Waals surface area contributed by atoms with Crippen LogP contribution < -0.4 is 19.7 Å². The average molecular weight is 370 g/mol. The van der Waals surface area contributed by atoms with Gasteiger partial charge in [0.2, 0.25) is 5.91 Å². The predicted molar refractivity (Wildman–Crippen MR) is 101 cm³/mol. The van der Waals surface area contributed by atoms with Crippen molar-refractivity contribution in [3.63, 3.8) is 0 Å². The van der Waals surface area contributed by atoms with Crippen molar-refractivity contribution in [1.29, 1.82) is 0 Å². The second-order valence-electron chi connectivity index (χ2n) is 6.11. The summed E-state index contributed by atoms with van der Waals surface area (Å²) in [5, 5.41) is 2.72. The highest BCUT2D eigenvalue weighted by Crippen LogP contribution is 2.32. The smallest absolute Gasteiger partial charge is 0.325 e. The number of nitrogens with one attached hydrogen (secondary N) is 1. The van der Waals surface area contributed by atoms with Crippen molar-refractivity contribution in [3.05, 3.63) is 42.1 Å². The van der Waals surface area contributed by atoms with Crippen molar-refractivity contribution in [2.45, 2.75) is 6.92 Å². The van der Waals surface area contributed by atoms with Crippen LogP contribution in [0.3, 0.4) is 0 Å². The Kier molecular flexibility index (Phi) is 5.44. The molecule has 0 atom stereocenters. The third-order valence-corrected chi connectivity index (χ3v) is 4.26. The molecular weight excluding hydrogens is 348 g/mol. The lowest BCUT2D eigenvalue weighted by Gasteiger charge is -2.19. The number of pyridine rings is 1. The Morgan fingerprint density at radius 3 is 2.63 bits per heavy atom. The molecule has 1 aromatic heterocycles. The SMILES string of the molecule is COc1ccc(N2CCN(CC(=O)Nc3cccc(C)n3)C2=O)cc1OC. The van der Waals surface area contributed by atoms with Gasteiger partial charge in [-0.25, -0.2) is 9.78 Å². The molecule has 142 valence electrons. The van der Waals surface area contributed by atoms with E-state index in [0.29, 0.717) is 36.1 Å². The minimum atomic E-state index is -0.282. The van der Waals surface area contributed by atoms with Gasteiger partial charge in [-0.15, -0.1) is 0 Å². The number of hydrogen-bond donors (Lipinski definition) is 1. The zero-order valence-electron chi connectivity index (χ0n) is 15.6. The second-order valence-corrected chi connectivity index (χ2v) is 6.11. The molecule has 0 unspecified atom stereocenters. The normalized spacial score (nSPS) is 13.7. The number of benzene rings is 1. The highest BCUT2D eigenvalue weighted by atomic mass is 16.5. The number of carbonyl (C=O) groups is 2. The first-order valence-corrected chi connectivity index (χ1v) is 8.54. The molecule has 1 N–H and O–H groups in total. The number of methoxy groups -OCH3 is 2. The van der Waals surface area contributed by atoms with E-state index >= 15 is 0 Å². The minimum absolute atomic E-state index is 0.0295. The zero-order chi connectivity index (χ0) is 19.4. The zero-order valence-corrected chi connectivity index (χ0v) is 15.6. The quantitative estimate of drug-likeness (QED) is 0.843. The van der Waals surface area contributed by atoms with Gasteiger partial charge in [0.15, 0.2) is 11.5 Å². The van der Waals surface area contributed by atoms with Gasteiger partial charge < -0.3 is 19.7 Å². The summed E-state index contributed by atoms with van der Waals surface area (Å²) in [7, 11) is 3.10. The van der Waals surface area contributed by atoms with Gasteiger partial charge in [-0.3, -0.25) is 9.69 Å². The topological polar surface area (TPSA) is 84.0 Å². The fourth-order valence-corrected chi connectivity index (χ4v) is 2.93. The van der Waals surface area contributed by atoms with Gasteiger partial charge in [-0.1, -0.05) is 6.07 Å². The largest absolute Gasteiger partial charge is 0.493 e. The number of ether oxygens (including phenoxy) is 2. The van der Waals surface area contributed by atoms with Gasteiger partial charge in [-0.2, -0.15) is 0 Å². The van der Waals surface area contributed by atoms with E-state index in [-0.39, 0.29) is 18.5 Å². The van der Waals surface area contributed by atoms with E-state index in [1.165, 1.54) is 4.90 Å². The second kappa shape index (κ2) is 7.94. The number of amides is 3. The van der Waals surface area contributed by atoms with Crippen molar-refractivity contribution in [1.82, 2.24) is 9.88 Å². The summed E-state index contributed by atoms with van der Waals surface area (Å²) < 4.78 is 10.5. The number of aromatic nitrogens is 1. The van der Waals surface area contributed by atoms with E-state index in [1.807, 2.05) is 19.1 Å². The molecule has 27 heavy (non-hydrogen) atoms. The Morgan fingerprint density at radius 2 is 1.93 bits per heavy atom. The van der Waals surface area contributed by atoms with Crippen molar-refractivity contribution >= 4 is 23.4 Å². The number of rotatable bonds is 6. The van der Waals surface area contributed by atoms with E-state index < -0.39 is 0 Å². The minimum Gasteiger partial charge on any atom is -0.493 e. The number of hydrogen-bond acceptors (Lipinski definition) is 5. The molecule has 0 saturated carbocycles. The van der Waals surface area contributed by atoms with Crippen LogP contribution in [-0.4, -0.2) is 55.7 Å². The number of urea groups is 1. The van der Waals surface area contributed by atoms with Gasteiger partial charge in [0.1, 0.15) is 12.4 Å². The van der Waals surface area contributed by atoms with E-state index in [9.17, 15) is 9.59 Å². The number of aryl methyl sites for hydroxylation is 1. The predicted octanol–water partition coefficient (Wildman–Crippen LogP) is 2.29. The molecule has 0 radical (unpaired) electrons. The standard InChI is InChI=1S/C19H22N4O4/c1-13-5-4-6-17(20-13)21-18(24)12-22-9-10-23(19(22)25)14-7-8-15(26-2)16(11-14)27-3/h4-8,11H,9-10,12H2,1-3H3,(H,20,21,24). The Bertz CT molecular complexity index is 855. The van der Waals surface area contributed by atoms with Crippen molar-refractivity contribution in [2.24, 2.45) is 0 Å². The first-order chi connectivity index (χ1) is 13.0. The van der Waals surface area contributed by atoms with Crippen molar-refractivity contribution in [2.75, 3.05) is 44.1 Å². The van der Waals surface area contributed by atoms with E-state index in [0.717, 1.165) is 5.69 Å². The van der Waals surface area contributed by atoms with E-state index in [1.54, 1.807) is 43.4 Å². The maximum atomic E-state index is 12.7. The highest BCUT2D eigenvalue weighted by molar-refractivity contribution is 5.99. The third kappa shape index (κ3) is 4.11. The number of anilines is 2. The lowest BCUT2D eigenvalue weighted by atomic mass is 10.2. The molecule has 2 aromatic rings. The van der Waals surface area contributed by atoms with Gasteiger partial charge >= 0.3 is 6.03 Å². The maximum Gasteiger partial charge on any atom is 0.325 e. The summed E-state index contributed by atoms with van der Waals surface area (Å²) in [5.74, 6) is 1.33. The van der Waals surface area contributed by atoms with Gasteiger partial charge in [0.25, 0.3) is 0 Å². The molecule has 2 heterocycles.